The molecule has 2 rings (SSSR count). The highest BCUT2D eigenvalue weighted by Crippen LogP contribution is 2.25. The van der Waals surface area contributed by atoms with E-state index in [1.54, 1.807) is 12.1 Å². The molecule has 0 spiro atoms. The van der Waals surface area contributed by atoms with Crippen LogP contribution in [0.25, 0.3) is 0 Å². The van der Waals surface area contributed by atoms with Crippen LogP contribution in [0.3, 0.4) is 0 Å². The summed E-state index contributed by atoms with van der Waals surface area (Å²) < 4.78 is 22.7. The summed E-state index contributed by atoms with van der Waals surface area (Å²) in [6, 6.07) is 2.75. The van der Waals surface area contributed by atoms with Crippen molar-refractivity contribution in [2.45, 2.75) is 25.4 Å². The van der Waals surface area contributed by atoms with Crippen LogP contribution in [-0.4, -0.2) is 43.9 Å². The first-order valence-electron chi connectivity index (χ1n) is 7.19. The van der Waals surface area contributed by atoms with Crippen molar-refractivity contribution in [3.8, 4) is 0 Å². The van der Waals surface area contributed by atoms with Crippen molar-refractivity contribution in [1.29, 1.82) is 0 Å². The highest BCUT2D eigenvalue weighted by molar-refractivity contribution is 7.91. The van der Waals surface area contributed by atoms with Gasteiger partial charge in [0.05, 0.1) is 22.2 Å². The number of benzene rings is 1. The maximum Gasteiger partial charge on any atom is 0.315 e. The second-order valence-corrected chi connectivity index (χ2v) is 8.63. The number of carbonyl (C=O) groups is 2. The summed E-state index contributed by atoms with van der Waals surface area (Å²) in [5, 5.41) is 8.31. The lowest BCUT2D eigenvalue weighted by Gasteiger charge is -2.17. The molecule has 1 aliphatic heterocycles. The lowest BCUT2D eigenvalue weighted by molar-refractivity contribution is -0.117. The van der Waals surface area contributed by atoms with Crippen LogP contribution in [0.5, 0.6) is 0 Å². The van der Waals surface area contributed by atoms with E-state index in [0.29, 0.717) is 17.1 Å². The molecular formula is C14H17Cl2N3O4S. The SMILES string of the molecule is C[C@H](NC(=O)N[C@H]1CCS(=O)(=O)C1)C(=O)Nc1ccc(Cl)cc1Cl. The van der Waals surface area contributed by atoms with Crippen molar-refractivity contribution in [1.82, 2.24) is 10.6 Å². The van der Waals surface area contributed by atoms with E-state index in [-0.39, 0.29) is 16.5 Å². The number of amides is 3. The van der Waals surface area contributed by atoms with Gasteiger partial charge in [-0.25, -0.2) is 13.2 Å². The number of rotatable bonds is 4. The monoisotopic (exact) mass is 393 g/mol. The largest absolute Gasteiger partial charge is 0.334 e. The number of anilines is 1. The van der Waals surface area contributed by atoms with Gasteiger partial charge in [0, 0.05) is 11.1 Å². The summed E-state index contributed by atoms with van der Waals surface area (Å²) in [4.78, 5) is 23.9. The summed E-state index contributed by atoms with van der Waals surface area (Å²) >= 11 is 11.7. The Labute approximate surface area is 150 Å². The molecule has 0 aliphatic carbocycles. The Kier molecular flexibility index (Phi) is 5.95. The van der Waals surface area contributed by atoms with Crippen LogP contribution in [0.15, 0.2) is 18.2 Å². The number of halogens is 2. The molecule has 1 aliphatic rings. The summed E-state index contributed by atoms with van der Waals surface area (Å²) in [6.07, 6.45) is 0.372. The van der Waals surface area contributed by atoms with Crippen LogP contribution >= 0.6 is 23.2 Å². The second kappa shape index (κ2) is 7.58. The first kappa shape index (κ1) is 18.8. The molecule has 10 heteroatoms. The lowest BCUT2D eigenvalue weighted by atomic mass is 10.2. The smallest absolute Gasteiger partial charge is 0.315 e. The molecule has 1 aromatic rings. The number of sulfone groups is 1. The van der Waals surface area contributed by atoms with Gasteiger partial charge in [-0.3, -0.25) is 4.79 Å². The first-order chi connectivity index (χ1) is 11.2. The molecule has 1 saturated heterocycles. The average Bonchev–Trinajstić information content (AvgIpc) is 2.80. The van der Waals surface area contributed by atoms with Gasteiger partial charge < -0.3 is 16.0 Å². The molecule has 1 fully saturated rings. The van der Waals surface area contributed by atoms with E-state index >= 15 is 0 Å². The van der Waals surface area contributed by atoms with Crippen LogP contribution in [0.1, 0.15) is 13.3 Å². The minimum absolute atomic E-state index is 0.0586. The topological polar surface area (TPSA) is 104 Å². The van der Waals surface area contributed by atoms with E-state index in [4.69, 9.17) is 23.2 Å². The average molecular weight is 394 g/mol. The summed E-state index contributed by atoms with van der Waals surface area (Å²) in [5.41, 5.74) is 0.377. The Bertz CT molecular complexity index is 754. The molecule has 1 aromatic carbocycles. The molecule has 0 unspecified atom stereocenters. The highest BCUT2D eigenvalue weighted by atomic mass is 35.5. The molecule has 2 atom stereocenters. The van der Waals surface area contributed by atoms with Gasteiger partial charge in [0.15, 0.2) is 9.84 Å². The highest BCUT2D eigenvalue weighted by Gasteiger charge is 2.29. The predicted octanol–water partition coefficient (Wildman–Crippen LogP) is 1.81. The van der Waals surface area contributed by atoms with E-state index in [9.17, 15) is 18.0 Å². The van der Waals surface area contributed by atoms with Gasteiger partial charge in [-0.1, -0.05) is 23.2 Å². The normalized spacial score (nSPS) is 20.2. The third kappa shape index (κ3) is 5.25. The molecule has 0 aromatic heterocycles. The standard InChI is InChI=1S/C14H17Cl2N3O4S/c1-8(13(20)19-12-3-2-9(15)6-11(12)16)17-14(21)18-10-4-5-24(22,23)7-10/h2-3,6,8,10H,4-5,7H2,1H3,(H,19,20)(H2,17,18,21)/t8-,10-/m0/s1. The van der Waals surface area contributed by atoms with Crippen molar-refractivity contribution >= 4 is 50.7 Å². The fourth-order valence-corrected chi connectivity index (χ4v) is 4.36. The number of nitrogens with one attached hydrogen (secondary N) is 3. The van der Waals surface area contributed by atoms with E-state index in [1.165, 1.54) is 13.0 Å². The summed E-state index contributed by atoms with van der Waals surface area (Å²) in [6.45, 7) is 1.50. The van der Waals surface area contributed by atoms with Gasteiger partial charge >= 0.3 is 6.03 Å². The zero-order valence-corrected chi connectivity index (χ0v) is 15.1. The Morgan fingerprint density at radius 3 is 2.58 bits per heavy atom. The fraction of sp³-hybridized carbons (Fsp3) is 0.429. The molecule has 0 radical (unpaired) electrons. The Balaban J connectivity index is 1.86. The van der Waals surface area contributed by atoms with Gasteiger partial charge in [0.1, 0.15) is 6.04 Å². The summed E-state index contributed by atoms with van der Waals surface area (Å²) in [5.74, 6) is -0.488. The number of hydrogen-bond acceptors (Lipinski definition) is 4. The second-order valence-electron chi connectivity index (χ2n) is 5.55. The molecule has 132 valence electrons. The van der Waals surface area contributed by atoms with Crippen molar-refractivity contribution in [3.63, 3.8) is 0 Å². The first-order valence-corrected chi connectivity index (χ1v) is 9.77. The van der Waals surface area contributed by atoms with E-state index in [1.807, 2.05) is 0 Å². The van der Waals surface area contributed by atoms with Crippen LogP contribution in [0, 0.1) is 0 Å². The van der Waals surface area contributed by atoms with E-state index in [0.717, 1.165) is 0 Å². The molecule has 3 amide bonds. The Morgan fingerprint density at radius 2 is 2.00 bits per heavy atom. The maximum absolute atomic E-state index is 12.1. The minimum Gasteiger partial charge on any atom is -0.334 e. The molecule has 1 heterocycles. The van der Waals surface area contributed by atoms with Crippen molar-refractivity contribution in [2.24, 2.45) is 0 Å². The zero-order chi connectivity index (χ0) is 17.9. The van der Waals surface area contributed by atoms with E-state index in [2.05, 4.69) is 16.0 Å². The number of hydrogen-bond donors (Lipinski definition) is 3. The molecule has 0 bridgehead atoms. The number of urea groups is 1. The van der Waals surface area contributed by atoms with Crippen LogP contribution in [0.4, 0.5) is 10.5 Å². The zero-order valence-electron chi connectivity index (χ0n) is 12.8. The van der Waals surface area contributed by atoms with Crippen molar-refractivity contribution < 1.29 is 18.0 Å². The van der Waals surface area contributed by atoms with E-state index < -0.39 is 33.9 Å². The lowest BCUT2D eigenvalue weighted by Crippen LogP contribution is -2.49. The van der Waals surface area contributed by atoms with Crippen molar-refractivity contribution in [2.75, 3.05) is 16.8 Å². The Morgan fingerprint density at radius 1 is 1.29 bits per heavy atom. The molecule has 24 heavy (non-hydrogen) atoms. The molecular weight excluding hydrogens is 377 g/mol. The van der Waals surface area contributed by atoms with Crippen LogP contribution < -0.4 is 16.0 Å². The predicted molar refractivity (Wildman–Crippen MR) is 93.3 cm³/mol. The Hall–Kier alpha value is -1.51. The van der Waals surface area contributed by atoms with Crippen LogP contribution in [0.2, 0.25) is 10.0 Å². The van der Waals surface area contributed by atoms with Crippen LogP contribution in [-0.2, 0) is 14.6 Å². The third-order valence-electron chi connectivity index (χ3n) is 3.50. The van der Waals surface area contributed by atoms with Gasteiger partial charge in [-0.2, -0.15) is 0 Å². The summed E-state index contributed by atoms with van der Waals surface area (Å²) in [7, 11) is -3.08. The van der Waals surface area contributed by atoms with Gasteiger partial charge in [-0.05, 0) is 31.5 Å². The molecule has 0 saturated carbocycles. The fourth-order valence-electron chi connectivity index (χ4n) is 2.23. The number of carbonyl (C=O) groups excluding carboxylic acids is 2. The van der Waals surface area contributed by atoms with Crippen molar-refractivity contribution in [3.05, 3.63) is 28.2 Å². The quantitative estimate of drug-likeness (QED) is 0.725. The molecule has 7 nitrogen and oxygen atoms in total. The van der Waals surface area contributed by atoms with Gasteiger partial charge in [-0.15, -0.1) is 0 Å². The maximum atomic E-state index is 12.1. The third-order valence-corrected chi connectivity index (χ3v) is 5.81. The minimum atomic E-state index is -3.08. The van der Waals surface area contributed by atoms with Gasteiger partial charge in [0.2, 0.25) is 5.91 Å². The molecule has 3 N–H and O–H groups in total. The van der Waals surface area contributed by atoms with Gasteiger partial charge in [0.25, 0.3) is 0 Å².